The molecule has 0 spiro atoms. The predicted molar refractivity (Wildman–Crippen MR) is 138 cm³/mol. The van der Waals surface area contributed by atoms with Crippen LogP contribution >= 0.6 is 23.7 Å². The first-order valence-corrected chi connectivity index (χ1v) is 13.4. The lowest BCUT2D eigenvalue weighted by Gasteiger charge is -2.15. The molecular weight excluding hydrogens is 581 g/mol. The topological polar surface area (TPSA) is 134 Å². The highest BCUT2D eigenvalue weighted by Crippen LogP contribution is 2.53. The van der Waals surface area contributed by atoms with E-state index < -0.39 is 39.4 Å². The maximum atomic E-state index is 13.1. The molecule has 206 valence electrons. The van der Waals surface area contributed by atoms with Gasteiger partial charge in [0.2, 0.25) is 5.76 Å². The zero-order valence-corrected chi connectivity index (χ0v) is 22.1. The van der Waals surface area contributed by atoms with E-state index in [1.165, 1.54) is 12.1 Å². The summed E-state index contributed by atoms with van der Waals surface area (Å²) in [5, 5.41) is 16.5. The predicted octanol–water partition coefficient (Wildman–Crippen LogP) is 5.14. The third-order valence-corrected chi connectivity index (χ3v) is 9.17. The van der Waals surface area contributed by atoms with Crippen LogP contribution in [0.4, 0.5) is 18.9 Å². The number of sulfonamides is 1. The molecule has 3 aromatic heterocycles. The quantitative estimate of drug-likeness (QED) is 0.240. The van der Waals surface area contributed by atoms with Gasteiger partial charge in [-0.3, -0.25) is 9.78 Å². The summed E-state index contributed by atoms with van der Waals surface area (Å²) < 4.78 is 71.0. The Balaban J connectivity index is 0.00000353. The summed E-state index contributed by atoms with van der Waals surface area (Å²) >= 11 is 0.653. The second-order valence-electron chi connectivity index (χ2n) is 8.67. The maximum absolute atomic E-state index is 13.1. The molecule has 9 nitrogen and oxygen atoms in total. The van der Waals surface area contributed by atoms with E-state index in [0.29, 0.717) is 29.5 Å². The summed E-state index contributed by atoms with van der Waals surface area (Å²) in [4.78, 5) is 16.4. The van der Waals surface area contributed by atoms with E-state index in [9.17, 15) is 31.5 Å². The van der Waals surface area contributed by atoms with Crippen LogP contribution in [0.3, 0.4) is 0 Å². The second kappa shape index (κ2) is 10.6. The van der Waals surface area contributed by atoms with Gasteiger partial charge in [-0.15, -0.1) is 23.7 Å². The van der Waals surface area contributed by atoms with Crippen LogP contribution in [0.5, 0.6) is 0 Å². The molecular formula is C24H20ClF3N4O5S2. The number of carbonyl (C=O) groups is 1. The molecule has 2 unspecified atom stereocenters. The molecule has 0 radical (unpaired) electrons. The van der Waals surface area contributed by atoms with Crippen molar-refractivity contribution in [1.29, 1.82) is 0 Å². The van der Waals surface area contributed by atoms with Crippen LogP contribution in [0.2, 0.25) is 0 Å². The van der Waals surface area contributed by atoms with Gasteiger partial charge in [0, 0.05) is 36.6 Å². The number of aromatic nitrogens is 2. The van der Waals surface area contributed by atoms with Gasteiger partial charge in [-0.1, -0.05) is 23.4 Å². The molecule has 2 atom stereocenters. The first-order chi connectivity index (χ1) is 18.0. The van der Waals surface area contributed by atoms with Gasteiger partial charge in [0.1, 0.15) is 15.4 Å². The lowest BCUT2D eigenvalue weighted by molar-refractivity contribution is -0.155. The first kappa shape index (κ1) is 28.5. The van der Waals surface area contributed by atoms with Crippen LogP contribution in [-0.4, -0.2) is 35.2 Å². The molecule has 15 heteroatoms. The number of benzene rings is 1. The standard InChI is InChI=1S/C24H19F3N4O5S2.ClH/c25-24(26,27)20-10-18(30-36-20)19-6-7-21(37-19)38(34,35)31-23(22(32)33)11-17(23)15-4-1-5-16(9-15)29-13-14-3-2-8-28-12-14;/h1-10,12,17,29,31H,11,13H2,(H,32,33);1H. The number of halogens is 4. The third-order valence-electron chi connectivity index (χ3n) is 6.06. The number of nitrogens with one attached hydrogen (secondary N) is 2. The summed E-state index contributed by atoms with van der Waals surface area (Å²) in [7, 11) is -4.32. The number of carboxylic acids is 1. The van der Waals surface area contributed by atoms with E-state index in [1.807, 2.05) is 18.2 Å². The number of hydrogen-bond donors (Lipinski definition) is 3. The van der Waals surface area contributed by atoms with E-state index in [4.69, 9.17) is 0 Å². The Morgan fingerprint density at radius 1 is 1.18 bits per heavy atom. The largest absolute Gasteiger partial charge is 0.480 e. The van der Waals surface area contributed by atoms with Crippen LogP contribution in [0.1, 0.15) is 29.2 Å². The molecule has 1 aliphatic rings. The fraction of sp³-hybridized carbons (Fsp3) is 0.208. The molecule has 0 saturated heterocycles. The number of nitrogens with zero attached hydrogens (tertiary/aromatic N) is 2. The Morgan fingerprint density at radius 2 is 1.97 bits per heavy atom. The van der Waals surface area contributed by atoms with E-state index in [-0.39, 0.29) is 33.6 Å². The molecule has 0 amide bonds. The number of alkyl halides is 3. The average molecular weight is 601 g/mol. The van der Waals surface area contributed by atoms with Crippen molar-refractivity contribution in [1.82, 2.24) is 14.9 Å². The molecule has 1 aromatic carbocycles. The van der Waals surface area contributed by atoms with Crippen molar-refractivity contribution in [2.24, 2.45) is 0 Å². The zero-order valence-electron chi connectivity index (χ0n) is 19.7. The van der Waals surface area contributed by atoms with E-state index in [0.717, 1.165) is 11.3 Å². The third kappa shape index (κ3) is 5.93. The minimum atomic E-state index is -4.74. The Labute approximate surface area is 230 Å². The van der Waals surface area contributed by atoms with Crippen molar-refractivity contribution in [3.63, 3.8) is 0 Å². The Kier molecular flexibility index (Phi) is 7.76. The smallest absolute Gasteiger partial charge is 0.452 e. The van der Waals surface area contributed by atoms with Crippen LogP contribution in [0, 0.1) is 0 Å². The highest BCUT2D eigenvalue weighted by molar-refractivity contribution is 7.91. The van der Waals surface area contributed by atoms with Crippen LogP contribution in [-0.2, 0) is 27.5 Å². The van der Waals surface area contributed by atoms with Crippen molar-refractivity contribution in [2.45, 2.75) is 34.8 Å². The fourth-order valence-corrected chi connectivity index (χ4v) is 6.71. The molecule has 39 heavy (non-hydrogen) atoms. The monoisotopic (exact) mass is 600 g/mol. The number of hydrogen-bond acceptors (Lipinski definition) is 8. The molecule has 0 aliphatic heterocycles. The fourth-order valence-electron chi connectivity index (χ4n) is 4.05. The van der Waals surface area contributed by atoms with Crippen molar-refractivity contribution >= 4 is 45.4 Å². The lowest BCUT2D eigenvalue weighted by atomic mass is 10.1. The highest BCUT2D eigenvalue weighted by atomic mass is 35.5. The van der Waals surface area contributed by atoms with Crippen molar-refractivity contribution < 1.29 is 36.0 Å². The number of pyridine rings is 1. The van der Waals surface area contributed by atoms with Gasteiger partial charge in [0.15, 0.2) is 0 Å². The maximum Gasteiger partial charge on any atom is 0.452 e. The van der Waals surface area contributed by atoms with Crippen LogP contribution < -0.4 is 10.0 Å². The van der Waals surface area contributed by atoms with Crippen molar-refractivity contribution in [2.75, 3.05) is 5.32 Å². The molecule has 0 bridgehead atoms. The molecule has 3 N–H and O–H groups in total. The number of anilines is 1. The van der Waals surface area contributed by atoms with Gasteiger partial charge in [0.05, 0.1) is 4.88 Å². The van der Waals surface area contributed by atoms with Crippen molar-refractivity contribution in [3.05, 3.63) is 83.9 Å². The number of thiophene rings is 1. The SMILES string of the molecule is Cl.O=C(O)C1(NS(=O)(=O)c2ccc(-c3cc(C(F)(F)F)on3)s2)CC1c1cccc(NCc2cccnc2)c1. The van der Waals surface area contributed by atoms with Gasteiger partial charge >= 0.3 is 12.1 Å². The minimum Gasteiger partial charge on any atom is -0.480 e. The van der Waals surface area contributed by atoms with E-state index in [1.54, 1.807) is 30.6 Å². The Hall–Kier alpha value is -3.46. The molecule has 1 fully saturated rings. The molecule has 5 rings (SSSR count). The van der Waals surface area contributed by atoms with Gasteiger partial charge in [-0.2, -0.15) is 17.9 Å². The normalized spacial score (nSPS) is 18.8. The average Bonchev–Trinajstić information content (AvgIpc) is 3.22. The van der Waals surface area contributed by atoms with Gasteiger partial charge in [0.25, 0.3) is 10.0 Å². The van der Waals surface area contributed by atoms with E-state index >= 15 is 0 Å². The minimum absolute atomic E-state index is 0. The summed E-state index contributed by atoms with van der Waals surface area (Å²) in [6.07, 6.45) is -1.32. The van der Waals surface area contributed by atoms with Crippen LogP contribution in [0.15, 0.2) is 75.7 Å². The molecule has 4 aromatic rings. The first-order valence-electron chi connectivity index (χ1n) is 11.1. The number of rotatable bonds is 9. The Bertz CT molecular complexity index is 1590. The summed E-state index contributed by atoms with van der Waals surface area (Å²) in [5.74, 6) is -3.27. The van der Waals surface area contributed by atoms with Gasteiger partial charge in [-0.05, 0) is 47.9 Å². The highest BCUT2D eigenvalue weighted by Gasteiger charge is 2.63. The van der Waals surface area contributed by atoms with Gasteiger partial charge < -0.3 is 14.9 Å². The van der Waals surface area contributed by atoms with Gasteiger partial charge in [-0.25, -0.2) is 8.42 Å². The van der Waals surface area contributed by atoms with E-state index in [2.05, 4.69) is 24.7 Å². The summed E-state index contributed by atoms with van der Waals surface area (Å²) in [6.45, 7) is 0.495. The van der Waals surface area contributed by atoms with Crippen LogP contribution in [0.25, 0.3) is 10.6 Å². The Morgan fingerprint density at radius 3 is 2.64 bits per heavy atom. The molecule has 3 heterocycles. The molecule has 1 aliphatic carbocycles. The van der Waals surface area contributed by atoms with Crippen molar-refractivity contribution in [3.8, 4) is 10.6 Å². The number of aliphatic carboxylic acids is 1. The summed E-state index contributed by atoms with van der Waals surface area (Å²) in [5.41, 5.74) is 0.376. The summed E-state index contributed by atoms with van der Waals surface area (Å²) in [6, 6.07) is 13.9. The second-order valence-corrected chi connectivity index (χ2v) is 11.7. The zero-order chi connectivity index (χ0) is 27.1. The lowest BCUT2D eigenvalue weighted by Crippen LogP contribution is -2.44. The molecule has 1 saturated carbocycles. The number of carboxylic acid groups (broad SMARTS) is 1.